The molecule has 0 bridgehead atoms. The van der Waals surface area contributed by atoms with Crippen molar-refractivity contribution in [1.29, 1.82) is 0 Å². The minimum absolute atomic E-state index is 0.0757. The second-order valence-corrected chi connectivity index (χ2v) is 6.13. The summed E-state index contributed by atoms with van der Waals surface area (Å²) in [5.74, 6) is -0.345. The van der Waals surface area contributed by atoms with Crippen LogP contribution in [0.2, 0.25) is 0 Å². The van der Waals surface area contributed by atoms with Gasteiger partial charge in [0.15, 0.2) is 0 Å². The monoisotopic (exact) mass is 284 g/mol. The highest BCUT2D eigenvalue weighted by atomic mass is 16.4. The maximum Gasteiger partial charge on any atom is 0.311 e. The fourth-order valence-corrected chi connectivity index (χ4v) is 2.95. The normalized spacial score (nSPS) is 24.4. The van der Waals surface area contributed by atoms with E-state index in [1.54, 1.807) is 4.90 Å². The van der Waals surface area contributed by atoms with E-state index in [9.17, 15) is 14.7 Å². The van der Waals surface area contributed by atoms with E-state index in [1.165, 1.54) is 0 Å². The number of aliphatic carboxylic acids is 1. The Morgan fingerprint density at radius 2 is 2.15 bits per heavy atom. The zero-order valence-corrected chi connectivity index (χ0v) is 12.7. The zero-order chi connectivity index (χ0) is 15.2. The summed E-state index contributed by atoms with van der Waals surface area (Å²) in [5.41, 5.74) is 4.82. The summed E-state index contributed by atoms with van der Waals surface area (Å²) in [5, 5.41) is 9.52. The average molecular weight is 284 g/mol. The first-order valence-electron chi connectivity index (χ1n) is 7.66. The summed E-state index contributed by atoms with van der Waals surface area (Å²) in [6.45, 7) is 5.67. The fourth-order valence-electron chi connectivity index (χ4n) is 2.95. The molecule has 116 valence electrons. The number of hydrogen-bond donors (Lipinski definition) is 2. The van der Waals surface area contributed by atoms with Crippen molar-refractivity contribution in [2.45, 2.75) is 52.4 Å². The molecule has 0 aromatic rings. The smallest absolute Gasteiger partial charge is 0.311 e. The molecule has 0 spiro atoms. The lowest BCUT2D eigenvalue weighted by Crippen LogP contribution is -2.50. The predicted octanol–water partition coefficient (Wildman–Crippen LogP) is 1.85. The number of carbonyl (C=O) groups excluding carboxylic acids is 1. The molecule has 1 aliphatic rings. The van der Waals surface area contributed by atoms with Crippen LogP contribution in [0, 0.1) is 11.3 Å². The second kappa shape index (κ2) is 7.62. The maximum atomic E-state index is 12.2. The summed E-state index contributed by atoms with van der Waals surface area (Å²) in [6, 6.07) is 0. The summed E-state index contributed by atoms with van der Waals surface area (Å²) in [7, 11) is 0. The number of nitrogens with zero attached hydrogens (tertiary/aromatic N) is 1. The van der Waals surface area contributed by atoms with Crippen molar-refractivity contribution in [3.63, 3.8) is 0 Å². The van der Waals surface area contributed by atoms with Crippen molar-refractivity contribution >= 4 is 11.9 Å². The number of hydrogen-bond acceptors (Lipinski definition) is 3. The molecule has 1 aliphatic heterocycles. The molecule has 1 saturated heterocycles. The lowest BCUT2D eigenvalue weighted by molar-refractivity contribution is -0.155. The quantitative estimate of drug-likeness (QED) is 0.747. The van der Waals surface area contributed by atoms with Gasteiger partial charge in [-0.3, -0.25) is 9.59 Å². The summed E-state index contributed by atoms with van der Waals surface area (Å²) in [4.78, 5) is 25.6. The molecule has 0 aromatic carbocycles. The van der Waals surface area contributed by atoms with Gasteiger partial charge < -0.3 is 15.7 Å². The van der Waals surface area contributed by atoms with Gasteiger partial charge in [-0.15, -0.1) is 0 Å². The third-order valence-corrected chi connectivity index (χ3v) is 4.37. The van der Waals surface area contributed by atoms with Crippen LogP contribution in [0.15, 0.2) is 0 Å². The van der Waals surface area contributed by atoms with Gasteiger partial charge >= 0.3 is 5.97 Å². The van der Waals surface area contributed by atoms with E-state index in [1.807, 2.05) is 13.8 Å². The Morgan fingerprint density at radius 3 is 2.70 bits per heavy atom. The second-order valence-electron chi connectivity index (χ2n) is 6.13. The standard InChI is InChI=1S/C15H28N2O3/c1-3-7-15(14(19)20)8-4-9-17(11-15)13(18)6-5-12(2)10-16/h12H,3-11,16H2,1-2H3,(H,19,20). The van der Waals surface area contributed by atoms with Crippen LogP contribution in [-0.2, 0) is 9.59 Å². The summed E-state index contributed by atoms with van der Waals surface area (Å²) < 4.78 is 0. The van der Waals surface area contributed by atoms with Crippen LogP contribution in [0.25, 0.3) is 0 Å². The number of carboxylic acids is 1. The van der Waals surface area contributed by atoms with Crippen molar-refractivity contribution in [3.8, 4) is 0 Å². The van der Waals surface area contributed by atoms with E-state index in [0.29, 0.717) is 44.8 Å². The molecule has 1 amide bonds. The van der Waals surface area contributed by atoms with Gasteiger partial charge in [-0.05, 0) is 38.1 Å². The number of carboxylic acid groups (broad SMARTS) is 1. The van der Waals surface area contributed by atoms with Gasteiger partial charge in [-0.1, -0.05) is 20.3 Å². The highest BCUT2D eigenvalue weighted by Crippen LogP contribution is 2.35. The van der Waals surface area contributed by atoms with E-state index in [-0.39, 0.29) is 5.91 Å². The van der Waals surface area contributed by atoms with Gasteiger partial charge in [0.1, 0.15) is 0 Å². The Bertz CT molecular complexity index is 342. The van der Waals surface area contributed by atoms with Gasteiger partial charge in [-0.2, -0.15) is 0 Å². The Hall–Kier alpha value is -1.10. The Morgan fingerprint density at radius 1 is 1.45 bits per heavy atom. The summed E-state index contributed by atoms with van der Waals surface area (Å²) >= 11 is 0. The van der Waals surface area contributed by atoms with Crippen LogP contribution < -0.4 is 5.73 Å². The lowest BCUT2D eigenvalue weighted by atomic mass is 9.76. The SMILES string of the molecule is CCCC1(C(=O)O)CCCN(C(=O)CCC(C)CN)C1. The van der Waals surface area contributed by atoms with Crippen LogP contribution in [0.3, 0.4) is 0 Å². The first kappa shape index (κ1) is 17.0. The van der Waals surface area contributed by atoms with Crippen LogP contribution >= 0.6 is 0 Å². The summed E-state index contributed by atoms with van der Waals surface area (Å²) in [6.07, 6.45) is 4.19. The van der Waals surface area contributed by atoms with Crippen molar-refractivity contribution in [1.82, 2.24) is 4.90 Å². The van der Waals surface area contributed by atoms with Gasteiger partial charge in [-0.25, -0.2) is 0 Å². The van der Waals surface area contributed by atoms with Crippen LogP contribution in [0.1, 0.15) is 52.4 Å². The largest absolute Gasteiger partial charge is 0.481 e. The molecule has 5 nitrogen and oxygen atoms in total. The number of piperidine rings is 1. The Kier molecular flexibility index (Phi) is 6.46. The van der Waals surface area contributed by atoms with Crippen LogP contribution in [0.5, 0.6) is 0 Å². The molecule has 1 rings (SSSR count). The van der Waals surface area contributed by atoms with Crippen molar-refractivity contribution in [3.05, 3.63) is 0 Å². The van der Waals surface area contributed by atoms with E-state index < -0.39 is 11.4 Å². The van der Waals surface area contributed by atoms with E-state index in [0.717, 1.165) is 19.3 Å². The molecule has 2 unspecified atom stereocenters. The first-order chi connectivity index (χ1) is 9.45. The van der Waals surface area contributed by atoms with E-state index in [4.69, 9.17) is 5.73 Å². The molecule has 2 atom stereocenters. The van der Waals surface area contributed by atoms with Gasteiger partial charge in [0.25, 0.3) is 0 Å². The maximum absolute atomic E-state index is 12.2. The third-order valence-electron chi connectivity index (χ3n) is 4.37. The molecule has 0 saturated carbocycles. The van der Waals surface area contributed by atoms with Gasteiger partial charge in [0.2, 0.25) is 5.91 Å². The molecule has 0 radical (unpaired) electrons. The highest BCUT2D eigenvalue weighted by molar-refractivity contribution is 5.79. The van der Waals surface area contributed by atoms with Crippen LogP contribution in [-0.4, -0.2) is 41.5 Å². The Balaban J connectivity index is 2.63. The molecular formula is C15H28N2O3. The predicted molar refractivity (Wildman–Crippen MR) is 78.2 cm³/mol. The minimum Gasteiger partial charge on any atom is -0.481 e. The molecule has 1 fully saturated rings. The molecule has 20 heavy (non-hydrogen) atoms. The lowest BCUT2D eigenvalue weighted by Gasteiger charge is -2.40. The number of rotatable bonds is 7. The number of likely N-dealkylation sites (tertiary alicyclic amines) is 1. The van der Waals surface area contributed by atoms with E-state index >= 15 is 0 Å². The molecule has 5 heteroatoms. The van der Waals surface area contributed by atoms with Crippen molar-refractivity contribution in [2.75, 3.05) is 19.6 Å². The number of amides is 1. The van der Waals surface area contributed by atoms with Crippen molar-refractivity contribution < 1.29 is 14.7 Å². The fraction of sp³-hybridized carbons (Fsp3) is 0.867. The van der Waals surface area contributed by atoms with Crippen molar-refractivity contribution in [2.24, 2.45) is 17.1 Å². The topological polar surface area (TPSA) is 83.6 Å². The first-order valence-corrected chi connectivity index (χ1v) is 7.66. The number of carbonyl (C=O) groups is 2. The Labute approximate surface area is 121 Å². The third kappa shape index (κ3) is 4.20. The molecule has 0 aliphatic carbocycles. The van der Waals surface area contributed by atoms with Gasteiger partial charge in [0, 0.05) is 19.5 Å². The van der Waals surface area contributed by atoms with Crippen LogP contribution in [0.4, 0.5) is 0 Å². The molecule has 3 N–H and O–H groups in total. The van der Waals surface area contributed by atoms with Gasteiger partial charge in [0.05, 0.1) is 5.41 Å². The molecule has 1 heterocycles. The minimum atomic E-state index is -0.757. The molecular weight excluding hydrogens is 256 g/mol. The average Bonchev–Trinajstić information content (AvgIpc) is 2.44. The number of nitrogens with two attached hydrogens (primary N) is 1. The van der Waals surface area contributed by atoms with E-state index in [2.05, 4.69) is 0 Å². The molecule has 0 aromatic heterocycles. The highest BCUT2D eigenvalue weighted by Gasteiger charge is 2.42. The zero-order valence-electron chi connectivity index (χ0n) is 12.7.